The minimum atomic E-state index is -3.20. The van der Waals surface area contributed by atoms with E-state index in [0.717, 1.165) is 5.56 Å². The number of amides is 1. The fourth-order valence-electron chi connectivity index (χ4n) is 4.16. The van der Waals surface area contributed by atoms with E-state index in [-0.39, 0.29) is 30.6 Å². The number of carbonyl (C=O) groups excluding carboxylic acids is 1. The third-order valence-corrected chi connectivity index (χ3v) is 7.80. The molecule has 2 aliphatic heterocycles. The van der Waals surface area contributed by atoms with Crippen LogP contribution in [-0.4, -0.2) is 49.5 Å². The van der Waals surface area contributed by atoms with Gasteiger partial charge in [-0.25, -0.2) is 8.42 Å². The molecular formula is C24H22ClNO6S. The van der Waals surface area contributed by atoms with E-state index in [9.17, 15) is 13.2 Å². The Balaban J connectivity index is 1.39. The van der Waals surface area contributed by atoms with E-state index in [1.807, 2.05) is 24.3 Å². The Hall–Kier alpha value is -2.97. The topological polar surface area (TPSA) is 86.1 Å². The Labute approximate surface area is 196 Å². The molecule has 0 N–H and O–H groups in total. The molecule has 0 bridgehead atoms. The molecule has 2 atom stereocenters. The smallest absolute Gasteiger partial charge is 0.267 e. The van der Waals surface area contributed by atoms with E-state index in [1.54, 1.807) is 41.3 Å². The number of nitrogens with zero attached hydrogens (tertiary/aromatic N) is 1. The second-order valence-corrected chi connectivity index (χ2v) is 10.8. The van der Waals surface area contributed by atoms with Gasteiger partial charge >= 0.3 is 0 Å². The van der Waals surface area contributed by atoms with Crippen LogP contribution in [-0.2, 0) is 21.2 Å². The fraction of sp³-hybridized carbons (Fsp3) is 0.292. The molecule has 0 unspecified atom stereocenters. The largest absolute Gasteiger partial charge is 0.485 e. The summed E-state index contributed by atoms with van der Waals surface area (Å²) in [5.41, 5.74) is 0.815. The highest BCUT2D eigenvalue weighted by molar-refractivity contribution is 7.91. The Bertz CT molecular complexity index is 1290. The van der Waals surface area contributed by atoms with Gasteiger partial charge in [0.2, 0.25) is 6.10 Å². The molecule has 0 aliphatic carbocycles. The molecule has 3 aromatic rings. The van der Waals surface area contributed by atoms with Crippen molar-refractivity contribution in [2.24, 2.45) is 0 Å². The number of furan rings is 1. The first kappa shape index (κ1) is 21.9. The number of carbonyl (C=O) groups is 1. The van der Waals surface area contributed by atoms with Gasteiger partial charge in [-0.15, -0.1) is 0 Å². The number of halogens is 1. The number of hydrogen-bond acceptors (Lipinski definition) is 6. The lowest BCUT2D eigenvalue weighted by molar-refractivity contribution is -0.144. The highest BCUT2D eigenvalue weighted by Crippen LogP contribution is 2.33. The molecule has 172 valence electrons. The second-order valence-electron chi connectivity index (χ2n) is 8.16. The maximum Gasteiger partial charge on any atom is 0.267 e. The predicted octanol–water partition coefficient (Wildman–Crippen LogP) is 3.96. The molecule has 5 rings (SSSR count). The molecule has 7 nitrogen and oxygen atoms in total. The summed E-state index contributed by atoms with van der Waals surface area (Å²) in [7, 11) is -3.20. The van der Waals surface area contributed by atoms with Crippen molar-refractivity contribution >= 4 is 27.3 Å². The van der Waals surface area contributed by atoms with Crippen LogP contribution in [0.2, 0.25) is 5.02 Å². The molecule has 9 heteroatoms. The molecule has 0 saturated carbocycles. The van der Waals surface area contributed by atoms with E-state index >= 15 is 0 Å². The number of sulfone groups is 1. The van der Waals surface area contributed by atoms with Gasteiger partial charge in [-0.3, -0.25) is 4.79 Å². The Morgan fingerprint density at radius 2 is 1.88 bits per heavy atom. The van der Waals surface area contributed by atoms with Crippen molar-refractivity contribution in [3.63, 3.8) is 0 Å². The molecule has 0 radical (unpaired) electrons. The number of para-hydroxylation sites is 2. The number of hydrogen-bond donors (Lipinski definition) is 0. The minimum absolute atomic E-state index is 0.0533. The molecule has 1 fully saturated rings. The quantitative estimate of drug-likeness (QED) is 0.541. The van der Waals surface area contributed by atoms with Crippen molar-refractivity contribution in [1.29, 1.82) is 0 Å². The summed E-state index contributed by atoms with van der Waals surface area (Å²) in [6.45, 7) is 0.179. The summed E-state index contributed by atoms with van der Waals surface area (Å²) in [5.74, 6) is 1.87. The van der Waals surface area contributed by atoms with Crippen molar-refractivity contribution < 1.29 is 27.1 Å². The van der Waals surface area contributed by atoms with E-state index < -0.39 is 22.0 Å². The average Bonchev–Trinajstić information content (AvgIpc) is 3.42. The highest BCUT2D eigenvalue weighted by Gasteiger charge is 2.39. The van der Waals surface area contributed by atoms with Crippen LogP contribution in [0.5, 0.6) is 11.5 Å². The van der Waals surface area contributed by atoms with Gasteiger partial charge in [0.15, 0.2) is 21.3 Å². The van der Waals surface area contributed by atoms with Gasteiger partial charge < -0.3 is 18.8 Å². The van der Waals surface area contributed by atoms with E-state index in [1.165, 1.54) is 0 Å². The first-order valence-electron chi connectivity index (χ1n) is 10.6. The van der Waals surface area contributed by atoms with Gasteiger partial charge in [0.05, 0.1) is 18.1 Å². The van der Waals surface area contributed by atoms with Crippen LogP contribution >= 0.6 is 11.6 Å². The van der Waals surface area contributed by atoms with Crippen LogP contribution in [0.15, 0.2) is 65.1 Å². The number of rotatable bonds is 5. The van der Waals surface area contributed by atoms with E-state index in [4.69, 9.17) is 25.5 Å². The second kappa shape index (κ2) is 8.76. The lowest BCUT2D eigenvalue weighted by Crippen LogP contribution is -2.50. The summed E-state index contributed by atoms with van der Waals surface area (Å²) in [5, 5.41) is 0.591. The first-order valence-corrected chi connectivity index (χ1v) is 12.8. The van der Waals surface area contributed by atoms with Gasteiger partial charge in [0, 0.05) is 16.6 Å². The Morgan fingerprint density at radius 1 is 1.06 bits per heavy atom. The standard InChI is InChI=1S/C24H22ClNO6S/c25-17-5-3-4-16(12-17)20-9-8-19(31-20)13-26(18-10-11-33(28,29)15-18)24(27)23-14-30-21-6-1-2-7-22(21)32-23/h1-9,12,18,23H,10-11,13-15H2/t18-,23+/m0/s1. The molecule has 1 amide bonds. The van der Waals surface area contributed by atoms with Gasteiger partial charge in [0.25, 0.3) is 5.91 Å². The van der Waals surface area contributed by atoms with Crippen molar-refractivity contribution in [2.45, 2.75) is 25.1 Å². The van der Waals surface area contributed by atoms with Crippen LogP contribution < -0.4 is 9.47 Å². The zero-order valence-corrected chi connectivity index (χ0v) is 19.2. The van der Waals surface area contributed by atoms with Crippen LogP contribution in [0.1, 0.15) is 12.2 Å². The molecule has 2 aromatic carbocycles. The highest BCUT2D eigenvalue weighted by atomic mass is 35.5. The monoisotopic (exact) mass is 487 g/mol. The fourth-order valence-corrected chi connectivity index (χ4v) is 6.08. The molecule has 1 aromatic heterocycles. The van der Waals surface area contributed by atoms with Crippen molar-refractivity contribution in [3.8, 4) is 22.8 Å². The van der Waals surface area contributed by atoms with E-state index in [2.05, 4.69) is 0 Å². The summed E-state index contributed by atoms with van der Waals surface area (Å²) in [4.78, 5) is 15.0. The number of fused-ring (bicyclic) bond motifs is 1. The SMILES string of the molecule is O=C([C@H]1COc2ccccc2O1)N(Cc1ccc(-c2cccc(Cl)c2)o1)[C@H]1CCS(=O)(=O)C1. The van der Waals surface area contributed by atoms with Crippen LogP contribution in [0.25, 0.3) is 11.3 Å². The minimum Gasteiger partial charge on any atom is -0.485 e. The third-order valence-electron chi connectivity index (χ3n) is 5.81. The number of ether oxygens (including phenoxy) is 2. The van der Waals surface area contributed by atoms with Gasteiger partial charge in [-0.2, -0.15) is 0 Å². The van der Waals surface area contributed by atoms with E-state index in [0.29, 0.717) is 34.5 Å². The Kier molecular flexibility index (Phi) is 5.80. The molecule has 3 heterocycles. The lowest BCUT2D eigenvalue weighted by Gasteiger charge is -2.33. The normalized spacial score (nSPS) is 21.0. The summed E-state index contributed by atoms with van der Waals surface area (Å²) >= 11 is 6.09. The lowest BCUT2D eigenvalue weighted by atomic mass is 10.1. The molecule has 2 aliphatic rings. The van der Waals surface area contributed by atoms with Crippen LogP contribution in [0.4, 0.5) is 0 Å². The maximum atomic E-state index is 13.5. The van der Waals surface area contributed by atoms with Crippen molar-refractivity contribution in [3.05, 3.63) is 71.4 Å². The van der Waals surface area contributed by atoms with Crippen LogP contribution in [0, 0.1) is 0 Å². The predicted molar refractivity (Wildman–Crippen MR) is 123 cm³/mol. The molecular weight excluding hydrogens is 466 g/mol. The zero-order chi connectivity index (χ0) is 23.0. The zero-order valence-electron chi connectivity index (χ0n) is 17.6. The number of benzene rings is 2. The maximum absolute atomic E-state index is 13.5. The molecule has 1 saturated heterocycles. The molecule has 0 spiro atoms. The molecule has 33 heavy (non-hydrogen) atoms. The third kappa shape index (κ3) is 4.72. The van der Waals surface area contributed by atoms with Crippen molar-refractivity contribution in [2.75, 3.05) is 18.1 Å². The first-order chi connectivity index (χ1) is 15.9. The van der Waals surface area contributed by atoms with Gasteiger partial charge in [-0.1, -0.05) is 35.9 Å². The summed E-state index contributed by atoms with van der Waals surface area (Å²) in [6.07, 6.45) is -0.495. The van der Waals surface area contributed by atoms with Crippen molar-refractivity contribution in [1.82, 2.24) is 4.90 Å². The summed E-state index contributed by atoms with van der Waals surface area (Å²) < 4.78 is 41.9. The average molecular weight is 488 g/mol. The van der Waals surface area contributed by atoms with Crippen LogP contribution in [0.3, 0.4) is 0 Å². The summed E-state index contributed by atoms with van der Waals surface area (Å²) in [6, 6.07) is 17.6. The van der Waals surface area contributed by atoms with Gasteiger partial charge in [0.1, 0.15) is 18.1 Å². The van der Waals surface area contributed by atoms with Gasteiger partial charge in [-0.05, 0) is 42.8 Å². The Morgan fingerprint density at radius 3 is 2.64 bits per heavy atom.